The lowest BCUT2D eigenvalue weighted by atomic mass is 10.0. The molecule has 104 valence electrons. The molecule has 0 aliphatic carbocycles. The van der Waals surface area contributed by atoms with Crippen LogP contribution in [-0.4, -0.2) is 5.60 Å². The lowest BCUT2D eigenvalue weighted by Crippen LogP contribution is -2.24. The van der Waals surface area contributed by atoms with Gasteiger partial charge in [-0.05, 0) is 32.0 Å². The molecule has 0 unspecified atom stereocenters. The Kier molecular flexibility index (Phi) is 2.82. The first kappa shape index (κ1) is 12.8. The fourth-order valence-electron chi connectivity index (χ4n) is 2.39. The number of fused-ring (bicyclic) bond motifs is 1. The zero-order valence-electron chi connectivity index (χ0n) is 11.4. The largest absolute Gasteiger partial charge is 0.483 e. The molecular weight excluding hydrogens is 257 g/mol. The second kappa shape index (κ2) is 4.40. The van der Waals surface area contributed by atoms with Crippen molar-refractivity contribution in [3.63, 3.8) is 0 Å². The van der Waals surface area contributed by atoms with Crippen molar-refractivity contribution >= 4 is 5.69 Å². The third-order valence-corrected chi connectivity index (χ3v) is 3.29. The molecule has 1 heterocycles. The third-order valence-electron chi connectivity index (χ3n) is 3.29. The van der Waals surface area contributed by atoms with Crippen LogP contribution in [0.1, 0.15) is 19.4 Å². The molecule has 0 spiro atoms. The highest BCUT2D eigenvalue weighted by Gasteiger charge is 2.32. The van der Waals surface area contributed by atoms with Gasteiger partial charge in [0.25, 0.3) is 0 Å². The molecule has 0 fully saturated rings. The molecule has 0 atom stereocenters. The van der Waals surface area contributed by atoms with Gasteiger partial charge < -0.3 is 15.2 Å². The van der Waals surface area contributed by atoms with Crippen LogP contribution in [-0.2, 0) is 6.42 Å². The van der Waals surface area contributed by atoms with Crippen molar-refractivity contribution in [3.05, 3.63) is 47.8 Å². The quantitative estimate of drug-likeness (QED) is 0.844. The molecule has 3 rings (SSSR count). The predicted molar refractivity (Wildman–Crippen MR) is 75.7 cm³/mol. The van der Waals surface area contributed by atoms with Gasteiger partial charge in [0, 0.05) is 12.0 Å². The van der Waals surface area contributed by atoms with Gasteiger partial charge in [0.1, 0.15) is 17.1 Å². The van der Waals surface area contributed by atoms with Gasteiger partial charge in [-0.2, -0.15) is 0 Å². The topological polar surface area (TPSA) is 44.5 Å². The van der Waals surface area contributed by atoms with E-state index in [-0.39, 0.29) is 11.3 Å². The summed E-state index contributed by atoms with van der Waals surface area (Å²) in [5, 5.41) is 0. The summed E-state index contributed by atoms with van der Waals surface area (Å²) in [6, 6.07) is 10.2. The Morgan fingerprint density at radius 3 is 2.65 bits per heavy atom. The Morgan fingerprint density at radius 2 is 1.85 bits per heavy atom. The molecular formula is C16H16FNO2. The van der Waals surface area contributed by atoms with Crippen molar-refractivity contribution in [1.82, 2.24) is 0 Å². The number of hydrogen-bond acceptors (Lipinski definition) is 3. The number of nitrogen functional groups attached to an aromatic ring is 1. The molecule has 0 amide bonds. The van der Waals surface area contributed by atoms with E-state index in [1.54, 1.807) is 18.2 Å². The van der Waals surface area contributed by atoms with Gasteiger partial charge >= 0.3 is 0 Å². The Bertz CT molecular complexity index is 668. The van der Waals surface area contributed by atoms with E-state index in [0.717, 1.165) is 12.0 Å². The Hall–Kier alpha value is -2.23. The highest BCUT2D eigenvalue weighted by molar-refractivity contribution is 5.58. The van der Waals surface area contributed by atoms with Crippen molar-refractivity contribution in [2.45, 2.75) is 25.9 Å². The van der Waals surface area contributed by atoms with E-state index in [9.17, 15) is 4.39 Å². The van der Waals surface area contributed by atoms with E-state index in [4.69, 9.17) is 15.2 Å². The van der Waals surface area contributed by atoms with Gasteiger partial charge in [0.05, 0.1) is 0 Å². The van der Waals surface area contributed by atoms with Crippen LogP contribution in [0.3, 0.4) is 0 Å². The molecule has 2 N–H and O–H groups in total. The van der Waals surface area contributed by atoms with Gasteiger partial charge in [-0.25, -0.2) is 4.39 Å². The monoisotopic (exact) mass is 273 g/mol. The molecule has 1 aliphatic rings. The van der Waals surface area contributed by atoms with Crippen molar-refractivity contribution in [2.75, 3.05) is 5.73 Å². The first-order valence-electron chi connectivity index (χ1n) is 6.49. The molecule has 2 aromatic carbocycles. The smallest absolute Gasteiger partial charge is 0.169 e. The van der Waals surface area contributed by atoms with Crippen LogP contribution in [0.4, 0.5) is 10.1 Å². The van der Waals surface area contributed by atoms with Crippen molar-refractivity contribution in [1.29, 1.82) is 0 Å². The molecule has 3 nitrogen and oxygen atoms in total. The summed E-state index contributed by atoms with van der Waals surface area (Å²) in [5.41, 5.74) is 6.52. The second-order valence-corrected chi connectivity index (χ2v) is 5.54. The molecule has 4 heteroatoms. The maximum absolute atomic E-state index is 13.4. The predicted octanol–water partition coefficient (Wildman–Crippen LogP) is 3.91. The fourth-order valence-corrected chi connectivity index (χ4v) is 2.39. The normalized spacial score (nSPS) is 15.6. The van der Waals surface area contributed by atoms with Crippen LogP contribution < -0.4 is 15.2 Å². The van der Waals surface area contributed by atoms with E-state index in [0.29, 0.717) is 17.2 Å². The Morgan fingerprint density at radius 1 is 1.15 bits per heavy atom. The fraction of sp³-hybridized carbons (Fsp3) is 0.250. The van der Waals surface area contributed by atoms with Gasteiger partial charge in [-0.15, -0.1) is 0 Å². The maximum atomic E-state index is 13.4. The maximum Gasteiger partial charge on any atom is 0.169 e. The number of ether oxygens (including phenoxy) is 2. The van der Waals surface area contributed by atoms with Crippen LogP contribution in [0.25, 0.3) is 0 Å². The minimum Gasteiger partial charge on any atom is -0.483 e. The third kappa shape index (κ3) is 2.18. The van der Waals surface area contributed by atoms with Gasteiger partial charge in [-0.3, -0.25) is 0 Å². The van der Waals surface area contributed by atoms with E-state index in [1.807, 2.05) is 26.0 Å². The summed E-state index contributed by atoms with van der Waals surface area (Å²) in [4.78, 5) is 0. The number of hydrogen-bond donors (Lipinski definition) is 1. The summed E-state index contributed by atoms with van der Waals surface area (Å²) in [6.45, 7) is 4.04. The van der Waals surface area contributed by atoms with Crippen molar-refractivity contribution in [3.8, 4) is 17.2 Å². The standard InChI is InChI=1S/C16H16FNO2/c1-16(2)9-10-5-3-8-13(15(10)20-16)19-12-7-4-6-11(17)14(12)18/h3-8H,9,18H2,1-2H3. The molecule has 2 aromatic rings. The summed E-state index contributed by atoms with van der Waals surface area (Å²) in [6.07, 6.45) is 0.818. The van der Waals surface area contributed by atoms with E-state index < -0.39 is 5.82 Å². The SMILES string of the molecule is CC1(C)Cc2cccc(Oc3cccc(F)c3N)c2O1. The van der Waals surface area contributed by atoms with Crippen LogP contribution in [0.2, 0.25) is 0 Å². The molecule has 1 aliphatic heterocycles. The number of nitrogens with two attached hydrogens (primary N) is 1. The number of benzene rings is 2. The molecule has 20 heavy (non-hydrogen) atoms. The molecule has 0 saturated carbocycles. The van der Waals surface area contributed by atoms with Crippen LogP contribution in [0.15, 0.2) is 36.4 Å². The minimum absolute atomic E-state index is 0.00219. The lowest BCUT2D eigenvalue weighted by Gasteiger charge is -2.18. The van der Waals surface area contributed by atoms with Gasteiger partial charge in [0.2, 0.25) is 0 Å². The van der Waals surface area contributed by atoms with Crippen molar-refractivity contribution < 1.29 is 13.9 Å². The average molecular weight is 273 g/mol. The number of anilines is 1. The van der Waals surface area contributed by atoms with E-state index in [1.165, 1.54) is 6.07 Å². The van der Waals surface area contributed by atoms with Crippen molar-refractivity contribution in [2.24, 2.45) is 0 Å². The zero-order valence-corrected chi connectivity index (χ0v) is 11.4. The number of para-hydroxylation sites is 2. The average Bonchev–Trinajstić information content (AvgIpc) is 2.70. The number of halogens is 1. The Labute approximate surface area is 117 Å². The van der Waals surface area contributed by atoms with Gasteiger partial charge in [0.15, 0.2) is 17.2 Å². The van der Waals surface area contributed by atoms with Crippen LogP contribution in [0, 0.1) is 5.82 Å². The highest BCUT2D eigenvalue weighted by Crippen LogP contribution is 2.44. The summed E-state index contributed by atoms with van der Waals surface area (Å²) in [5.74, 6) is 1.08. The summed E-state index contributed by atoms with van der Waals surface area (Å²) < 4.78 is 25.1. The second-order valence-electron chi connectivity index (χ2n) is 5.54. The summed E-state index contributed by atoms with van der Waals surface area (Å²) >= 11 is 0. The molecule has 0 radical (unpaired) electrons. The minimum atomic E-state index is -0.490. The van der Waals surface area contributed by atoms with Gasteiger partial charge in [-0.1, -0.05) is 18.2 Å². The lowest BCUT2D eigenvalue weighted by molar-refractivity contribution is 0.135. The van der Waals surface area contributed by atoms with Crippen LogP contribution >= 0.6 is 0 Å². The molecule has 0 bridgehead atoms. The zero-order chi connectivity index (χ0) is 14.3. The van der Waals surface area contributed by atoms with E-state index >= 15 is 0 Å². The summed E-state index contributed by atoms with van der Waals surface area (Å²) in [7, 11) is 0. The molecule has 0 saturated heterocycles. The molecule has 0 aromatic heterocycles. The first-order valence-corrected chi connectivity index (χ1v) is 6.49. The van der Waals surface area contributed by atoms with Crippen LogP contribution in [0.5, 0.6) is 17.2 Å². The highest BCUT2D eigenvalue weighted by atomic mass is 19.1. The first-order chi connectivity index (χ1) is 9.46. The Balaban J connectivity index is 1.98. The number of rotatable bonds is 2. The van der Waals surface area contributed by atoms with E-state index in [2.05, 4.69) is 0 Å².